The van der Waals surface area contributed by atoms with Crippen molar-refractivity contribution in [3.05, 3.63) is 23.9 Å². The number of hydrogen-bond donors (Lipinski definition) is 0. The molecular weight excluding hydrogens is 296 g/mol. The van der Waals surface area contributed by atoms with Crippen LogP contribution >= 0.6 is 0 Å². The number of amides is 1. The Morgan fingerprint density at radius 3 is 2.74 bits per heavy atom. The topological polar surface area (TPSA) is 60.8 Å². The standard InChI is InChI=1S/C17H20N2O4/c1-4-23-17(21)16-15(19-9-5-6-14(19)20)12-10-11(22-3)7-8-13(12)18(16)2/h7-8,10H,4-6,9H2,1-3H3. The Balaban J connectivity index is 2.28. The number of ether oxygens (including phenoxy) is 2. The number of nitrogens with zero attached hydrogens (tertiary/aromatic N) is 2. The van der Waals surface area contributed by atoms with Crippen LogP contribution in [0.3, 0.4) is 0 Å². The van der Waals surface area contributed by atoms with Crippen LogP contribution in [0.25, 0.3) is 10.9 Å². The van der Waals surface area contributed by atoms with Crippen molar-refractivity contribution in [2.24, 2.45) is 7.05 Å². The second-order valence-electron chi connectivity index (χ2n) is 5.51. The molecule has 0 spiro atoms. The molecule has 0 saturated carbocycles. The third-order valence-corrected chi connectivity index (χ3v) is 4.19. The van der Waals surface area contributed by atoms with Gasteiger partial charge in [0.2, 0.25) is 5.91 Å². The maximum absolute atomic E-state index is 12.5. The van der Waals surface area contributed by atoms with Crippen LogP contribution in [0.5, 0.6) is 5.75 Å². The lowest BCUT2D eigenvalue weighted by molar-refractivity contribution is -0.117. The number of benzene rings is 1. The number of methoxy groups -OCH3 is 1. The first-order valence-corrected chi connectivity index (χ1v) is 7.72. The molecule has 1 aromatic carbocycles. The minimum Gasteiger partial charge on any atom is -0.497 e. The minimum absolute atomic E-state index is 0.0332. The average molecular weight is 316 g/mol. The molecule has 1 amide bonds. The van der Waals surface area contributed by atoms with Gasteiger partial charge in [-0.2, -0.15) is 0 Å². The predicted molar refractivity (Wildman–Crippen MR) is 87.0 cm³/mol. The fraction of sp³-hybridized carbons (Fsp3) is 0.412. The van der Waals surface area contributed by atoms with E-state index < -0.39 is 5.97 Å². The van der Waals surface area contributed by atoms with Crippen LogP contribution in [0.4, 0.5) is 5.69 Å². The Morgan fingerprint density at radius 2 is 2.13 bits per heavy atom. The number of anilines is 1. The van der Waals surface area contributed by atoms with E-state index in [4.69, 9.17) is 9.47 Å². The lowest BCUT2D eigenvalue weighted by Crippen LogP contribution is -2.26. The average Bonchev–Trinajstić information content (AvgIpc) is 3.08. The van der Waals surface area contributed by atoms with Crippen LogP contribution in [-0.2, 0) is 16.6 Å². The lowest BCUT2D eigenvalue weighted by Gasteiger charge is -2.17. The highest BCUT2D eigenvalue weighted by atomic mass is 16.5. The lowest BCUT2D eigenvalue weighted by atomic mass is 10.2. The molecule has 1 aliphatic heterocycles. The molecule has 0 bridgehead atoms. The van der Waals surface area contributed by atoms with Gasteiger partial charge in [-0.15, -0.1) is 0 Å². The SMILES string of the molecule is CCOC(=O)c1c(N2CCCC2=O)c2cc(OC)ccc2n1C. The van der Waals surface area contributed by atoms with Gasteiger partial charge in [-0.3, -0.25) is 4.79 Å². The summed E-state index contributed by atoms with van der Waals surface area (Å²) >= 11 is 0. The molecule has 23 heavy (non-hydrogen) atoms. The number of aryl methyl sites for hydroxylation is 1. The summed E-state index contributed by atoms with van der Waals surface area (Å²) in [4.78, 5) is 26.4. The fourth-order valence-electron chi connectivity index (χ4n) is 3.12. The third-order valence-electron chi connectivity index (χ3n) is 4.19. The van der Waals surface area contributed by atoms with Gasteiger partial charge in [0.15, 0.2) is 5.69 Å². The molecule has 1 saturated heterocycles. The predicted octanol–water partition coefficient (Wildman–Crippen LogP) is 2.49. The Labute approximate surface area is 134 Å². The van der Waals surface area contributed by atoms with Crippen LogP contribution in [0, 0.1) is 0 Å². The number of rotatable bonds is 4. The summed E-state index contributed by atoms with van der Waals surface area (Å²) in [5.41, 5.74) is 1.90. The Bertz CT molecular complexity index is 778. The maximum atomic E-state index is 12.5. The van der Waals surface area contributed by atoms with Crippen molar-refractivity contribution in [3.63, 3.8) is 0 Å². The van der Waals surface area contributed by atoms with E-state index in [9.17, 15) is 9.59 Å². The summed E-state index contributed by atoms with van der Waals surface area (Å²) in [5.74, 6) is 0.303. The van der Waals surface area contributed by atoms with E-state index in [2.05, 4.69) is 0 Å². The van der Waals surface area contributed by atoms with Gasteiger partial charge in [0.05, 0.1) is 24.9 Å². The summed E-state index contributed by atoms with van der Waals surface area (Å²) < 4.78 is 12.3. The highest BCUT2D eigenvalue weighted by molar-refractivity contribution is 6.13. The normalized spacial score (nSPS) is 14.6. The summed E-state index contributed by atoms with van der Waals surface area (Å²) in [6, 6.07) is 5.59. The van der Waals surface area contributed by atoms with Gasteiger partial charge in [0.1, 0.15) is 5.75 Å². The molecule has 0 aliphatic carbocycles. The van der Waals surface area contributed by atoms with E-state index in [1.54, 1.807) is 23.5 Å². The molecule has 0 radical (unpaired) electrons. The smallest absolute Gasteiger partial charge is 0.357 e. The van der Waals surface area contributed by atoms with Gasteiger partial charge in [0, 0.05) is 25.4 Å². The van der Waals surface area contributed by atoms with Gasteiger partial charge in [-0.1, -0.05) is 0 Å². The quantitative estimate of drug-likeness (QED) is 0.813. The third kappa shape index (κ3) is 2.44. The van der Waals surface area contributed by atoms with Crippen molar-refractivity contribution < 1.29 is 19.1 Å². The van der Waals surface area contributed by atoms with Crippen molar-refractivity contribution >= 4 is 28.5 Å². The molecule has 0 N–H and O–H groups in total. The molecule has 6 nitrogen and oxygen atoms in total. The zero-order valence-electron chi connectivity index (χ0n) is 13.6. The van der Waals surface area contributed by atoms with E-state index in [0.29, 0.717) is 30.1 Å². The molecule has 122 valence electrons. The van der Waals surface area contributed by atoms with Crippen molar-refractivity contribution in [2.45, 2.75) is 19.8 Å². The molecule has 0 unspecified atom stereocenters. The monoisotopic (exact) mass is 316 g/mol. The van der Waals surface area contributed by atoms with Crippen LogP contribution in [-0.4, -0.2) is 36.7 Å². The highest BCUT2D eigenvalue weighted by Crippen LogP contribution is 2.38. The summed E-state index contributed by atoms with van der Waals surface area (Å²) in [6.45, 7) is 2.67. The van der Waals surface area contributed by atoms with Crippen LogP contribution < -0.4 is 9.64 Å². The van der Waals surface area contributed by atoms with Crippen LogP contribution in [0.15, 0.2) is 18.2 Å². The van der Waals surface area contributed by atoms with E-state index in [-0.39, 0.29) is 12.5 Å². The van der Waals surface area contributed by atoms with Gasteiger partial charge in [0.25, 0.3) is 0 Å². The Hall–Kier alpha value is -2.50. The molecule has 6 heteroatoms. The van der Waals surface area contributed by atoms with Gasteiger partial charge in [-0.25, -0.2) is 4.79 Å². The molecule has 2 heterocycles. The molecule has 1 aromatic heterocycles. The van der Waals surface area contributed by atoms with E-state index in [0.717, 1.165) is 17.3 Å². The number of carbonyl (C=O) groups excluding carboxylic acids is 2. The van der Waals surface area contributed by atoms with Crippen molar-refractivity contribution in [1.29, 1.82) is 0 Å². The Morgan fingerprint density at radius 1 is 1.35 bits per heavy atom. The summed E-state index contributed by atoms with van der Waals surface area (Å²) in [6.07, 6.45) is 1.30. The van der Waals surface area contributed by atoms with Crippen LogP contribution in [0.2, 0.25) is 0 Å². The van der Waals surface area contributed by atoms with E-state index in [1.165, 1.54) is 0 Å². The molecule has 3 rings (SSSR count). The first-order chi connectivity index (χ1) is 11.1. The molecule has 2 aromatic rings. The molecule has 1 fully saturated rings. The second-order valence-corrected chi connectivity index (χ2v) is 5.51. The van der Waals surface area contributed by atoms with E-state index >= 15 is 0 Å². The highest BCUT2D eigenvalue weighted by Gasteiger charge is 2.31. The molecule has 1 aliphatic rings. The molecular formula is C17H20N2O4. The number of fused-ring (bicyclic) bond motifs is 1. The Kier molecular flexibility index (Phi) is 3.98. The fourth-order valence-corrected chi connectivity index (χ4v) is 3.12. The van der Waals surface area contributed by atoms with Crippen molar-refractivity contribution in [3.8, 4) is 5.75 Å². The van der Waals surface area contributed by atoms with Crippen molar-refractivity contribution in [2.75, 3.05) is 25.2 Å². The largest absolute Gasteiger partial charge is 0.497 e. The summed E-state index contributed by atoms with van der Waals surface area (Å²) in [7, 11) is 3.40. The van der Waals surface area contributed by atoms with Crippen molar-refractivity contribution in [1.82, 2.24) is 4.57 Å². The maximum Gasteiger partial charge on any atom is 0.357 e. The molecule has 0 atom stereocenters. The van der Waals surface area contributed by atoms with Gasteiger partial charge < -0.3 is 18.9 Å². The number of carbonyl (C=O) groups is 2. The van der Waals surface area contributed by atoms with Gasteiger partial charge in [-0.05, 0) is 31.5 Å². The van der Waals surface area contributed by atoms with E-state index in [1.807, 2.05) is 25.2 Å². The number of hydrogen-bond acceptors (Lipinski definition) is 4. The zero-order valence-corrected chi connectivity index (χ0v) is 13.6. The number of aromatic nitrogens is 1. The zero-order chi connectivity index (χ0) is 16.6. The first-order valence-electron chi connectivity index (χ1n) is 7.72. The first kappa shape index (κ1) is 15.4. The minimum atomic E-state index is -0.417. The van der Waals surface area contributed by atoms with Crippen LogP contribution in [0.1, 0.15) is 30.3 Å². The second kappa shape index (κ2) is 5.95. The number of esters is 1. The summed E-state index contributed by atoms with van der Waals surface area (Å²) in [5, 5.41) is 0.824. The van der Waals surface area contributed by atoms with Gasteiger partial charge >= 0.3 is 5.97 Å².